The summed E-state index contributed by atoms with van der Waals surface area (Å²) in [6.45, 7) is 0. The Morgan fingerprint density at radius 1 is 0.423 bits per heavy atom. The molecule has 2 heteroatoms. The Hall–Kier alpha value is -2.89. The number of rotatable bonds is 3. The summed E-state index contributed by atoms with van der Waals surface area (Å²) in [4.78, 5) is 0. The van der Waals surface area contributed by atoms with Gasteiger partial charge < -0.3 is 4.34 Å². The zero-order valence-corrected chi connectivity index (χ0v) is 15.2. The van der Waals surface area contributed by atoms with Gasteiger partial charge in [0.05, 0.1) is 19.1 Å². The van der Waals surface area contributed by atoms with E-state index in [2.05, 4.69) is 114 Å². The molecule has 0 radical (unpaired) electrons. The van der Waals surface area contributed by atoms with Crippen LogP contribution in [0.25, 0.3) is 21.8 Å². The van der Waals surface area contributed by atoms with E-state index in [0.717, 1.165) is 0 Å². The standard InChI is InChI=1S/C24H18NP/c1-3-11-19(12-4-1)26(20-13-5-2-6-14-20)25-23-17-9-7-15-21(23)22-16-8-10-18-24(22)25/h1-18H. The molecule has 0 saturated heterocycles. The van der Waals surface area contributed by atoms with Gasteiger partial charge >= 0.3 is 0 Å². The maximum Gasteiger partial charge on any atom is 0.0598 e. The summed E-state index contributed by atoms with van der Waals surface area (Å²) in [6, 6.07) is 39.3. The predicted octanol–water partition coefficient (Wildman–Crippen LogP) is 5.69. The van der Waals surface area contributed by atoms with E-state index in [4.69, 9.17) is 0 Å². The zero-order chi connectivity index (χ0) is 17.3. The average Bonchev–Trinajstić information content (AvgIpc) is 3.05. The molecule has 4 aromatic carbocycles. The van der Waals surface area contributed by atoms with Crippen molar-refractivity contribution in [3.8, 4) is 0 Å². The van der Waals surface area contributed by atoms with Crippen LogP contribution in [0.15, 0.2) is 109 Å². The van der Waals surface area contributed by atoms with Crippen LogP contribution >= 0.6 is 8.07 Å². The first-order valence-electron chi connectivity index (χ1n) is 8.82. The van der Waals surface area contributed by atoms with Crippen molar-refractivity contribution in [1.29, 1.82) is 0 Å². The van der Waals surface area contributed by atoms with Gasteiger partial charge in [-0.25, -0.2) is 0 Å². The molecule has 1 aromatic heterocycles. The van der Waals surface area contributed by atoms with Crippen molar-refractivity contribution in [3.05, 3.63) is 109 Å². The van der Waals surface area contributed by atoms with Crippen LogP contribution < -0.4 is 10.6 Å². The van der Waals surface area contributed by atoms with E-state index < -0.39 is 8.07 Å². The van der Waals surface area contributed by atoms with Gasteiger partial charge in [0.15, 0.2) is 0 Å². The molecule has 5 rings (SSSR count). The topological polar surface area (TPSA) is 4.93 Å². The van der Waals surface area contributed by atoms with Crippen LogP contribution in [0.1, 0.15) is 0 Å². The Morgan fingerprint density at radius 3 is 1.27 bits per heavy atom. The summed E-state index contributed by atoms with van der Waals surface area (Å²) in [7, 11) is -0.692. The van der Waals surface area contributed by atoms with Crippen molar-refractivity contribution in [2.45, 2.75) is 0 Å². The minimum absolute atomic E-state index is 0.692. The van der Waals surface area contributed by atoms with Crippen molar-refractivity contribution in [3.63, 3.8) is 0 Å². The van der Waals surface area contributed by atoms with Crippen LogP contribution in [0.2, 0.25) is 0 Å². The lowest BCUT2D eigenvalue weighted by Crippen LogP contribution is -2.16. The van der Waals surface area contributed by atoms with Crippen LogP contribution in [0.5, 0.6) is 0 Å². The summed E-state index contributed by atoms with van der Waals surface area (Å²) in [6.07, 6.45) is 0. The molecule has 0 fully saturated rings. The molecule has 26 heavy (non-hydrogen) atoms. The molecule has 1 nitrogen and oxygen atoms in total. The van der Waals surface area contributed by atoms with Crippen LogP contribution in [-0.2, 0) is 0 Å². The smallest absolute Gasteiger partial charge is 0.0598 e. The third-order valence-electron chi connectivity index (χ3n) is 4.76. The second-order valence-corrected chi connectivity index (χ2v) is 8.39. The number of aromatic nitrogens is 1. The lowest BCUT2D eigenvalue weighted by molar-refractivity contribution is 1.39. The second kappa shape index (κ2) is 6.44. The maximum atomic E-state index is 2.55. The summed E-state index contributed by atoms with van der Waals surface area (Å²) in [5.74, 6) is 0. The monoisotopic (exact) mass is 351 g/mol. The lowest BCUT2D eigenvalue weighted by atomic mass is 10.2. The highest BCUT2D eigenvalue weighted by atomic mass is 31.1. The molecule has 0 amide bonds. The molecule has 0 unspecified atom stereocenters. The number of benzene rings is 4. The Labute approximate surface area is 154 Å². The van der Waals surface area contributed by atoms with Crippen LogP contribution in [-0.4, -0.2) is 4.34 Å². The van der Waals surface area contributed by atoms with E-state index in [0.29, 0.717) is 0 Å². The third-order valence-corrected chi connectivity index (χ3v) is 7.16. The first kappa shape index (κ1) is 15.4. The van der Waals surface area contributed by atoms with Gasteiger partial charge in [0.1, 0.15) is 0 Å². The molecule has 0 aliphatic heterocycles. The Morgan fingerprint density at radius 2 is 0.808 bits per heavy atom. The third kappa shape index (κ3) is 2.44. The Balaban J connectivity index is 1.90. The fraction of sp³-hybridized carbons (Fsp3) is 0. The van der Waals surface area contributed by atoms with E-state index in [9.17, 15) is 0 Å². The minimum atomic E-state index is -0.692. The predicted molar refractivity (Wildman–Crippen MR) is 114 cm³/mol. The van der Waals surface area contributed by atoms with Crippen molar-refractivity contribution in [2.24, 2.45) is 0 Å². The summed E-state index contributed by atoms with van der Waals surface area (Å²) < 4.78 is 2.55. The van der Waals surface area contributed by atoms with E-state index in [1.54, 1.807) is 0 Å². The number of fused-ring (bicyclic) bond motifs is 3. The first-order valence-corrected chi connectivity index (χ1v) is 10.1. The summed E-state index contributed by atoms with van der Waals surface area (Å²) >= 11 is 0. The van der Waals surface area contributed by atoms with Crippen molar-refractivity contribution < 1.29 is 0 Å². The van der Waals surface area contributed by atoms with Crippen molar-refractivity contribution >= 4 is 40.5 Å². The van der Waals surface area contributed by atoms with E-state index in [1.165, 1.54) is 32.4 Å². The maximum absolute atomic E-state index is 2.55. The first-order chi connectivity index (χ1) is 12.9. The molecular formula is C24H18NP. The Kier molecular flexibility index (Phi) is 3.81. The fourth-order valence-electron chi connectivity index (χ4n) is 3.64. The van der Waals surface area contributed by atoms with E-state index in [1.807, 2.05) is 0 Å². The number of hydrogen-bond donors (Lipinski definition) is 0. The van der Waals surface area contributed by atoms with Crippen molar-refractivity contribution in [2.75, 3.05) is 0 Å². The van der Waals surface area contributed by atoms with Crippen molar-refractivity contribution in [1.82, 2.24) is 4.34 Å². The molecule has 0 spiro atoms. The molecule has 1 heterocycles. The molecule has 0 N–H and O–H groups in total. The molecule has 0 atom stereocenters. The van der Waals surface area contributed by atoms with Gasteiger partial charge in [-0.3, -0.25) is 0 Å². The van der Waals surface area contributed by atoms with Gasteiger partial charge in [-0.05, 0) is 12.1 Å². The quantitative estimate of drug-likeness (QED) is 0.368. The fourth-order valence-corrected chi connectivity index (χ4v) is 6.08. The Bertz CT molecular complexity index is 1080. The molecule has 124 valence electrons. The molecule has 0 aliphatic carbocycles. The average molecular weight is 351 g/mol. The molecule has 5 aromatic rings. The zero-order valence-electron chi connectivity index (χ0n) is 14.3. The van der Waals surface area contributed by atoms with Gasteiger partial charge in [0, 0.05) is 21.4 Å². The molecule has 0 aliphatic rings. The summed E-state index contributed by atoms with van der Waals surface area (Å²) in [5.41, 5.74) is 2.60. The SMILES string of the molecule is c1ccc(P(c2ccccc2)n2c3ccccc3c3ccccc32)cc1. The number of hydrogen-bond acceptors (Lipinski definition) is 0. The van der Waals surface area contributed by atoms with Crippen LogP contribution in [0.4, 0.5) is 0 Å². The van der Waals surface area contributed by atoms with Gasteiger partial charge in [0.2, 0.25) is 0 Å². The molecule has 0 saturated carbocycles. The lowest BCUT2D eigenvalue weighted by Gasteiger charge is -2.22. The second-order valence-electron chi connectivity index (χ2n) is 6.33. The number of nitrogens with zero attached hydrogens (tertiary/aromatic N) is 1. The highest BCUT2D eigenvalue weighted by Crippen LogP contribution is 2.44. The normalized spacial score (nSPS) is 11.4. The highest BCUT2D eigenvalue weighted by Gasteiger charge is 2.21. The van der Waals surface area contributed by atoms with Gasteiger partial charge in [-0.1, -0.05) is 97.1 Å². The minimum Gasteiger partial charge on any atom is -0.310 e. The van der Waals surface area contributed by atoms with Crippen LogP contribution in [0, 0.1) is 0 Å². The van der Waals surface area contributed by atoms with E-state index >= 15 is 0 Å². The van der Waals surface area contributed by atoms with Crippen LogP contribution in [0.3, 0.4) is 0 Å². The van der Waals surface area contributed by atoms with E-state index in [-0.39, 0.29) is 0 Å². The van der Waals surface area contributed by atoms with Gasteiger partial charge in [-0.2, -0.15) is 0 Å². The van der Waals surface area contributed by atoms with Gasteiger partial charge in [-0.15, -0.1) is 0 Å². The van der Waals surface area contributed by atoms with Gasteiger partial charge in [0.25, 0.3) is 0 Å². The molecular weight excluding hydrogens is 333 g/mol. The highest BCUT2D eigenvalue weighted by molar-refractivity contribution is 7.72. The largest absolute Gasteiger partial charge is 0.310 e. The summed E-state index contributed by atoms with van der Waals surface area (Å²) in [5, 5.41) is 5.37. The number of para-hydroxylation sites is 2. The molecule has 0 bridgehead atoms.